The van der Waals surface area contributed by atoms with E-state index in [-0.39, 0.29) is 0 Å². The minimum absolute atomic E-state index is 0.635. The van der Waals surface area contributed by atoms with Crippen molar-refractivity contribution >= 4 is 17.9 Å². The van der Waals surface area contributed by atoms with Gasteiger partial charge in [-0.25, -0.2) is 14.4 Å². The molecule has 13 atom stereocenters. The van der Waals surface area contributed by atoms with Crippen LogP contribution >= 0.6 is 0 Å². The van der Waals surface area contributed by atoms with Gasteiger partial charge < -0.3 is 74.7 Å². The standard InChI is InChI=1S/C18H24O18/c19-2-1-3(13(25)26)32-17(4(2)20)34-10-6(22)8(24)18(36-12(10)15(29)30)35-9-5(21)7(23)16(31)33-11(9)14(27)28/h1-2,4-12,16-24,31H,(H,25,26)(H,27,28)(H,29,30)/t2-,4-,5+,6+,7+,8-,9-,10-,11-,12-,16-,17-,18-/m0/s1. The second kappa shape index (κ2) is 10.9. The van der Waals surface area contributed by atoms with Crippen LogP contribution in [0.15, 0.2) is 11.8 Å². The summed E-state index contributed by atoms with van der Waals surface area (Å²) in [6, 6.07) is 0. The van der Waals surface area contributed by atoms with Crippen molar-refractivity contribution in [3.8, 4) is 0 Å². The van der Waals surface area contributed by atoms with Gasteiger partial charge in [0, 0.05) is 0 Å². The van der Waals surface area contributed by atoms with Crippen LogP contribution in [0.5, 0.6) is 0 Å². The largest absolute Gasteiger partial charge is 0.479 e. The molecule has 2 saturated heterocycles. The number of aliphatic hydroxyl groups excluding tert-OH is 7. The lowest BCUT2D eigenvalue weighted by atomic mass is 9.96. The number of hydrogen-bond acceptors (Lipinski definition) is 15. The highest BCUT2D eigenvalue weighted by Crippen LogP contribution is 2.32. The molecule has 204 valence electrons. The molecule has 3 aliphatic rings. The summed E-state index contributed by atoms with van der Waals surface area (Å²) in [5.74, 6) is -6.17. The normalized spacial score (nSPS) is 45.3. The van der Waals surface area contributed by atoms with Gasteiger partial charge in [-0.15, -0.1) is 0 Å². The minimum atomic E-state index is -2.24. The van der Waals surface area contributed by atoms with Crippen LogP contribution in [0.3, 0.4) is 0 Å². The average molecular weight is 528 g/mol. The Morgan fingerprint density at radius 3 is 1.69 bits per heavy atom. The summed E-state index contributed by atoms with van der Waals surface area (Å²) in [7, 11) is 0. The molecule has 0 amide bonds. The minimum Gasteiger partial charge on any atom is -0.479 e. The van der Waals surface area contributed by atoms with Crippen LogP contribution in [-0.2, 0) is 38.1 Å². The molecule has 2 fully saturated rings. The summed E-state index contributed by atoms with van der Waals surface area (Å²) in [5, 5.41) is 98.1. The van der Waals surface area contributed by atoms with Crippen molar-refractivity contribution in [2.75, 3.05) is 0 Å². The quantitative estimate of drug-likeness (QED) is 0.147. The van der Waals surface area contributed by atoms with E-state index < -0.39 is 104 Å². The molecular formula is C18H24O18. The lowest BCUT2D eigenvalue weighted by Crippen LogP contribution is -2.66. The third kappa shape index (κ3) is 5.43. The van der Waals surface area contributed by atoms with Gasteiger partial charge in [-0.2, -0.15) is 0 Å². The average Bonchev–Trinajstić information content (AvgIpc) is 2.80. The van der Waals surface area contributed by atoms with Crippen LogP contribution in [0.4, 0.5) is 0 Å². The second-order valence-electron chi connectivity index (χ2n) is 8.02. The Morgan fingerprint density at radius 2 is 1.17 bits per heavy atom. The molecule has 0 aromatic carbocycles. The number of aliphatic hydroxyl groups is 7. The summed E-state index contributed by atoms with van der Waals surface area (Å²) in [5.41, 5.74) is 0. The van der Waals surface area contributed by atoms with Crippen LogP contribution < -0.4 is 0 Å². The first kappa shape index (κ1) is 28.1. The molecule has 0 aliphatic carbocycles. The summed E-state index contributed by atoms with van der Waals surface area (Å²) < 4.78 is 24.9. The molecule has 0 spiro atoms. The van der Waals surface area contributed by atoms with Crippen LogP contribution in [-0.4, -0.2) is 149 Å². The SMILES string of the molecule is O=C(O)C1=C[C@H](O)[C@H](O)[C@H](O[C@H]2[C@H](O)[C@H](O)[C@@H](O[C@H]3[C@H](O)[C@@H](O)[C@@H](O)O[C@@H]3C(=O)O)O[C@@H]2C(=O)O)O1. The molecule has 36 heavy (non-hydrogen) atoms. The van der Waals surface area contributed by atoms with Crippen LogP contribution in [0.25, 0.3) is 0 Å². The van der Waals surface area contributed by atoms with Gasteiger partial charge in [0.15, 0.2) is 24.8 Å². The maximum atomic E-state index is 11.8. The van der Waals surface area contributed by atoms with E-state index in [1.54, 1.807) is 0 Å². The summed E-state index contributed by atoms with van der Waals surface area (Å²) >= 11 is 0. The smallest absolute Gasteiger partial charge is 0.371 e. The van der Waals surface area contributed by atoms with Gasteiger partial charge in [0.1, 0.15) is 48.8 Å². The highest BCUT2D eigenvalue weighted by molar-refractivity contribution is 5.84. The third-order valence-corrected chi connectivity index (χ3v) is 5.58. The van der Waals surface area contributed by atoms with Crippen molar-refractivity contribution in [3.05, 3.63) is 11.8 Å². The molecule has 0 aromatic rings. The number of carboxylic acids is 3. The van der Waals surface area contributed by atoms with Crippen LogP contribution in [0, 0.1) is 0 Å². The Bertz CT molecular complexity index is 876. The highest BCUT2D eigenvalue weighted by atomic mass is 16.8. The second-order valence-corrected chi connectivity index (χ2v) is 8.02. The van der Waals surface area contributed by atoms with Crippen LogP contribution in [0.2, 0.25) is 0 Å². The molecule has 0 aromatic heterocycles. The molecular weight excluding hydrogens is 504 g/mol. The zero-order chi connectivity index (χ0) is 27.1. The molecule has 18 heteroatoms. The first-order valence-electron chi connectivity index (χ1n) is 10.2. The molecule has 3 heterocycles. The fraction of sp³-hybridized carbons (Fsp3) is 0.722. The Labute approximate surface area is 199 Å². The van der Waals surface area contributed by atoms with Crippen molar-refractivity contribution in [2.45, 2.75) is 79.9 Å². The van der Waals surface area contributed by atoms with Crippen molar-refractivity contribution in [3.63, 3.8) is 0 Å². The van der Waals surface area contributed by atoms with Crippen LogP contribution in [0.1, 0.15) is 0 Å². The van der Waals surface area contributed by atoms with Crippen molar-refractivity contribution < 1.29 is 89.1 Å². The maximum absolute atomic E-state index is 11.8. The van der Waals surface area contributed by atoms with E-state index in [2.05, 4.69) is 4.74 Å². The van der Waals surface area contributed by atoms with E-state index in [4.69, 9.17) is 24.1 Å². The van der Waals surface area contributed by atoms with Gasteiger partial charge in [-0.1, -0.05) is 0 Å². The number of aliphatic carboxylic acids is 3. The lowest BCUT2D eigenvalue weighted by molar-refractivity contribution is -0.358. The number of carboxylic acid groups (broad SMARTS) is 3. The molecule has 10 N–H and O–H groups in total. The molecule has 0 unspecified atom stereocenters. The maximum Gasteiger partial charge on any atom is 0.371 e. The van der Waals surface area contributed by atoms with Gasteiger partial charge in [-0.05, 0) is 6.08 Å². The Hall–Kier alpha value is -2.49. The van der Waals surface area contributed by atoms with Gasteiger partial charge in [0.05, 0.1) is 0 Å². The highest BCUT2D eigenvalue weighted by Gasteiger charge is 2.55. The predicted octanol–water partition coefficient (Wildman–Crippen LogP) is -6.14. The number of hydrogen-bond donors (Lipinski definition) is 10. The lowest BCUT2D eigenvalue weighted by Gasteiger charge is -2.45. The Kier molecular flexibility index (Phi) is 8.48. The van der Waals surface area contributed by atoms with Gasteiger partial charge >= 0.3 is 17.9 Å². The van der Waals surface area contributed by atoms with E-state index in [1.165, 1.54) is 0 Å². The molecule has 3 aliphatic heterocycles. The van der Waals surface area contributed by atoms with Crippen molar-refractivity contribution in [1.29, 1.82) is 0 Å². The fourth-order valence-electron chi connectivity index (χ4n) is 3.69. The van der Waals surface area contributed by atoms with E-state index >= 15 is 0 Å². The van der Waals surface area contributed by atoms with E-state index in [0.717, 1.165) is 0 Å². The first-order chi connectivity index (χ1) is 16.7. The monoisotopic (exact) mass is 528 g/mol. The molecule has 0 bridgehead atoms. The summed E-state index contributed by atoms with van der Waals surface area (Å²) in [6.45, 7) is 0. The zero-order valence-electron chi connectivity index (χ0n) is 17.8. The topological polar surface area (TPSA) is 300 Å². The first-order valence-corrected chi connectivity index (χ1v) is 10.2. The van der Waals surface area contributed by atoms with Crippen molar-refractivity contribution in [2.24, 2.45) is 0 Å². The predicted molar refractivity (Wildman–Crippen MR) is 101 cm³/mol. The van der Waals surface area contributed by atoms with Crippen molar-refractivity contribution in [1.82, 2.24) is 0 Å². The summed E-state index contributed by atoms with van der Waals surface area (Å²) in [4.78, 5) is 34.4. The number of carbonyl (C=O) groups is 3. The van der Waals surface area contributed by atoms with Gasteiger partial charge in [0.2, 0.25) is 12.0 Å². The number of rotatable bonds is 7. The van der Waals surface area contributed by atoms with Gasteiger partial charge in [-0.3, -0.25) is 0 Å². The molecule has 0 saturated carbocycles. The fourth-order valence-corrected chi connectivity index (χ4v) is 3.69. The Balaban J connectivity index is 1.81. The summed E-state index contributed by atoms with van der Waals surface area (Å²) in [6.07, 6.45) is -26.7. The van der Waals surface area contributed by atoms with E-state index in [0.29, 0.717) is 6.08 Å². The molecule has 18 nitrogen and oxygen atoms in total. The molecule has 0 radical (unpaired) electrons. The Morgan fingerprint density at radius 1 is 0.667 bits per heavy atom. The zero-order valence-corrected chi connectivity index (χ0v) is 17.8. The van der Waals surface area contributed by atoms with E-state index in [9.17, 15) is 60.3 Å². The molecule has 3 rings (SSSR count). The van der Waals surface area contributed by atoms with E-state index in [1.807, 2.05) is 0 Å². The third-order valence-electron chi connectivity index (χ3n) is 5.58. The number of ether oxygens (including phenoxy) is 5. The van der Waals surface area contributed by atoms with Gasteiger partial charge in [0.25, 0.3) is 0 Å².